The third kappa shape index (κ3) is 3.95. The molecular weight excluding hydrogens is 358 g/mol. The van der Waals surface area contributed by atoms with Gasteiger partial charge in [-0.1, -0.05) is 13.3 Å². The van der Waals surface area contributed by atoms with Gasteiger partial charge in [0.1, 0.15) is 11.5 Å². The van der Waals surface area contributed by atoms with Crippen LogP contribution >= 0.6 is 0 Å². The van der Waals surface area contributed by atoms with Crippen LogP contribution in [0.25, 0.3) is 0 Å². The Kier molecular flexibility index (Phi) is 6.16. The molecule has 8 nitrogen and oxygen atoms in total. The molecule has 8 heteroatoms. The van der Waals surface area contributed by atoms with Crippen molar-refractivity contribution in [2.45, 2.75) is 72.4 Å². The number of H-pyrrole nitrogens is 1. The molecule has 0 saturated heterocycles. The summed E-state index contributed by atoms with van der Waals surface area (Å²) in [5.41, 5.74) is 2.57. The highest BCUT2D eigenvalue weighted by Gasteiger charge is 2.22. The van der Waals surface area contributed by atoms with Crippen molar-refractivity contribution in [1.82, 2.24) is 24.6 Å². The first-order valence-electron chi connectivity index (χ1n) is 10.1. The fourth-order valence-electron chi connectivity index (χ4n) is 3.96. The van der Waals surface area contributed by atoms with Crippen molar-refractivity contribution >= 4 is 11.7 Å². The molecule has 1 aliphatic rings. The molecule has 2 aromatic heterocycles. The second-order valence-electron chi connectivity index (χ2n) is 7.42. The van der Waals surface area contributed by atoms with E-state index >= 15 is 0 Å². The molecule has 0 aliphatic carbocycles. The van der Waals surface area contributed by atoms with Gasteiger partial charge in [0.15, 0.2) is 5.78 Å². The Labute approximate surface area is 164 Å². The number of aromatic amines is 1. The highest BCUT2D eigenvalue weighted by atomic mass is 16.2. The van der Waals surface area contributed by atoms with Gasteiger partial charge in [0.05, 0.1) is 0 Å². The Balaban J connectivity index is 1.61. The van der Waals surface area contributed by atoms with Crippen molar-refractivity contribution in [2.24, 2.45) is 0 Å². The van der Waals surface area contributed by atoms with E-state index in [1.165, 1.54) is 11.6 Å². The zero-order valence-electron chi connectivity index (χ0n) is 16.9. The highest BCUT2D eigenvalue weighted by Crippen LogP contribution is 2.21. The Hall–Kier alpha value is -2.64. The molecule has 3 heterocycles. The number of hydrogen-bond acceptors (Lipinski definition) is 4. The van der Waals surface area contributed by atoms with Crippen LogP contribution in [-0.2, 0) is 25.9 Å². The quantitative estimate of drug-likeness (QED) is 0.534. The maximum absolute atomic E-state index is 12.6. The summed E-state index contributed by atoms with van der Waals surface area (Å²) in [6, 6.07) is 0. The van der Waals surface area contributed by atoms with E-state index in [2.05, 4.69) is 15.4 Å². The fraction of sp³-hybridized carbons (Fsp3) is 0.600. The smallest absolute Gasteiger partial charge is 0.345 e. The third-order valence-corrected chi connectivity index (χ3v) is 5.23. The van der Waals surface area contributed by atoms with Gasteiger partial charge in [-0.05, 0) is 45.1 Å². The lowest BCUT2D eigenvalue weighted by Gasteiger charge is -2.09. The summed E-state index contributed by atoms with van der Waals surface area (Å²) in [6.07, 6.45) is 5.09. The summed E-state index contributed by atoms with van der Waals surface area (Å²) in [5, 5.41) is 7.31. The van der Waals surface area contributed by atoms with E-state index < -0.39 is 0 Å². The summed E-state index contributed by atoms with van der Waals surface area (Å²) >= 11 is 0. The number of Topliss-reactive ketones (excluding diaryl/α,β-unsaturated/α-hetero) is 1. The van der Waals surface area contributed by atoms with Crippen LogP contribution < -0.4 is 11.0 Å². The minimum absolute atomic E-state index is 0.0284. The van der Waals surface area contributed by atoms with Crippen molar-refractivity contribution in [3.63, 3.8) is 0 Å². The highest BCUT2D eigenvalue weighted by molar-refractivity contribution is 6.02. The maximum Gasteiger partial charge on any atom is 0.345 e. The van der Waals surface area contributed by atoms with Crippen LogP contribution in [0, 0.1) is 6.92 Å². The van der Waals surface area contributed by atoms with E-state index in [4.69, 9.17) is 0 Å². The minimum atomic E-state index is -0.212. The minimum Gasteiger partial charge on any atom is -0.354 e. The van der Waals surface area contributed by atoms with E-state index in [1.807, 2.05) is 13.8 Å². The lowest BCUT2D eigenvalue weighted by Crippen LogP contribution is -2.29. The first-order chi connectivity index (χ1) is 13.4. The predicted octanol–water partition coefficient (Wildman–Crippen LogP) is 1.99. The fourth-order valence-corrected chi connectivity index (χ4v) is 3.96. The van der Waals surface area contributed by atoms with E-state index in [0.717, 1.165) is 49.3 Å². The van der Waals surface area contributed by atoms with Crippen molar-refractivity contribution in [3.8, 4) is 0 Å². The van der Waals surface area contributed by atoms with E-state index in [-0.39, 0.29) is 17.4 Å². The molecule has 1 amide bonds. The normalized spacial score (nSPS) is 13.4. The molecule has 0 unspecified atom stereocenters. The van der Waals surface area contributed by atoms with E-state index in [0.29, 0.717) is 37.2 Å². The standard InChI is InChI=1S/C20H29N5O3/c1-4-8-15-17(14(3)26)13(2)22-18(15)19(27)21-10-7-12-25-20(28)24-11-6-5-9-16(24)23-25/h22H,4-12H2,1-3H3,(H,21,27). The summed E-state index contributed by atoms with van der Waals surface area (Å²) in [7, 11) is 0. The lowest BCUT2D eigenvalue weighted by molar-refractivity contribution is 0.0947. The van der Waals surface area contributed by atoms with E-state index in [1.54, 1.807) is 4.57 Å². The van der Waals surface area contributed by atoms with Gasteiger partial charge in [0.25, 0.3) is 5.91 Å². The Morgan fingerprint density at radius 1 is 1.29 bits per heavy atom. The summed E-state index contributed by atoms with van der Waals surface area (Å²) in [4.78, 5) is 40.0. The number of hydrogen-bond donors (Lipinski definition) is 2. The number of fused-ring (bicyclic) bond motifs is 1. The van der Waals surface area contributed by atoms with Gasteiger partial charge in [-0.3, -0.25) is 14.2 Å². The largest absolute Gasteiger partial charge is 0.354 e. The van der Waals surface area contributed by atoms with Crippen molar-refractivity contribution < 1.29 is 9.59 Å². The van der Waals surface area contributed by atoms with E-state index in [9.17, 15) is 14.4 Å². The van der Waals surface area contributed by atoms with Crippen LogP contribution in [0.15, 0.2) is 4.79 Å². The number of aryl methyl sites for hydroxylation is 3. The number of aromatic nitrogens is 4. The molecule has 152 valence electrons. The first kappa shape index (κ1) is 20.1. The molecule has 0 atom stereocenters. The molecule has 0 bridgehead atoms. The maximum atomic E-state index is 12.6. The average Bonchev–Trinajstić information content (AvgIpc) is 3.16. The van der Waals surface area contributed by atoms with Crippen LogP contribution in [0.4, 0.5) is 0 Å². The molecule has 0 radical (unpaired) electrons. The zero-order valence-corrected chi connectivity index (χ0v) is 16.9. The van der Waals surface area contributed by atoms with Gasteiger partial charge >= 0.3 is 5.69 Å². The molecular formula is C20H29N5O3. The van der Waals surface area contributed by atoms with Gasteiger partial charge in [0.2, 0.25) is 0 Å². The van der Waals surface area contributed by atoms with Crippen LogP contribution in [0.5, 0.6) is 0 Å². The number of nitrogens with one attached hydrogen (secondary N) is 2. The number of ketones is 1. The number of nitrogens with zero attached hydrogens (tertiary/aromatic N) is 3. The molecule has 1 aliphatic heterocycles. The Morgan fingerprint density at radius 2 is 2.07 bits per heavy atom. The van der Waals surface area contributed by atoms with Crippen LogP contribution in [0.2, 0.25) is 0 Å². The number of carbonyl (C=O) groups excluding carboxylic acids is 2. The average molecular weight is 387 g/mol. The molecule has 2 aromatic rings. The number of amides is 1. The first-order valence-corrected chi connectivity index (χ1v) is 10.1. The summed E-state index contributed by atoms with van der Waals surface area (Å²) in [5.74, 6) is 0.623. The molecule has 0 spiro atoms. The zero-order chi connectivity index (χ0) is 20.3. The van der Waals surface area contributed by atoms with Crippen LogP contribution in [0.1, 0.15) is 77.5 Å². The molecule has 3 rings (SSSR count). The number of rotatable bonds is 8. The molecule has 0 saturated carbocycles. The van der Waals surface area contributed by atoms with Gasteiger partial charge in [-0.2, -0.15) is 5.10 Å². The van der Waals surface area contributed by atoms with Gasteiger partial charge in [-0.15, -0.1) is 0 Å². The van der Waals surface area contributed by atoms with Crippen LogP contribution in [0.3, 0.4) is 0 Å². The van der Waals surface area contributed by atoms with Gasteiger partial charge in [-0.25, -0.2) is 9.48 Å². The van der Waals surface area contributed by atoms with Crippen molar-refractivity contribution in [3.05, 3.63) is 38.8 Å². The second-order valence-corrected chi connectivity index (χ2v) is 7.42. The monoisotopic (exact) mass is 387 g/mol. The third-order valence-electron chi connectivity index (χ3n) is 5.23. The second kappa shape index (κ2) is 8.58. The topological polar surface area (TPSA) is 102 Å². The van der Waals surface area contributed by atoms with Gasteiger partial charge in [0, 0.05) is 37.3 Å². The molecule has 28 heavy (non-hydrogen) atoms. The van der Waals surface area contributed by atoms with Crippen LogP contribution in [-0.4, -0.2) is 37.6 Å². The molecule has 0 fully saturated rings. The lowest BCUT2D eigenvalue weighted by atomic mass is 10.0. The summed E-state index contributed by atoms with van der Waals surface area (Å²) in [6.45, 7) is 7.03. The molecule has 2 N–H and O–H groups in total. The molecule has 0 aromatic carbocycles. The van der Waals surface area contributed by atoms with Crippen molar-refractivity contribution in [1.29, 1.82) is 0 Å². The Bertz CT molecular complexity index is 935. The predicted molar refractivity (Wildman–Crippen MR) is 106 cm³/mol. The van der Waals surface area contributed by atoms with Gasteiger partial charge < -0.3 is 10.3 Å². The summed E-state index contributed by atoms with van der Waals surface area (Å²) < 4.78 is 3.26. The van der Waals surface area contributed by atoms with Crippen molar-refractivity contribution in [2.75, 3.05) is 6.54 Å². The number of carbonyl (C=O) groups is 2. The SMILES string of the molecule is CCCc1c(C(=O)NCCCn2nc3n(c2=O)CCCC3)[nH]c(C)c1C(C)=O. The Morgan fingerprint density at radius 3 is 2.75 bits per heavy atom.